The first kappa shape index (κ1) is 4.12. The van der Waals surface area contributed by atoms with E-state index in [-0.39, 0.29) is 0 Å². The van der Waals surface area contributed by atoms with E-state index in [0.717, 1.165) is 0 Å². The fourth-order valence-electron chi connectivity index (χ4n) is 0.267. The molecule has 1 aliphatic heterocycles. The molecule has 0 unspecified atom stereocenters. The molecule has 35 valence electrons. The van der Waals surface area contributed by atoms with Crippen LogP contribution in [0.5, 0.6) is 0 Å². The molecule has 2 nitrogen and oxygen atoms in total. The Morgan fingerprint density at radius 3 is 3.57 bits per heavy atom. The molecule has 7 heavy (non-hydrogen) atoms. The molecule has 0 saturated heterocycles. The van der Waals surface area contributed by atoms with Gasteiger partial charge in [0.1, 0.15) is 0 Å². The number of allylic oxidation sites excluding steroid dienone is 2. The number of hydrogen-bond acceptors (Lipinski definition) is 2. The third-order valence-electron chi connectivity index (χ3n) is 0.518. The van der Waals surface area contributed by atoms with Gasteiger partial charge in [-0.25, -0.2) is 4.99 Å². The van der Waals surface area contributed by atoms with Gasteiger partial charge in [0.15, 0.2) is 12.7 Å². The Balaban J connectivity index is 2.60. The summed E-state index contributed by atoms with van der Waals surface area (Å²) in [5.41, 5.74) is 0. The van der Waals surface area contributed by atoms with Crippen LogP contribution in [0.3, 0.4) is 0 Å². The maximum atomic E-state index is 4.53. The number of rotatable bonds is 0. The van der Waals surface area contributed by atoms with Crippen LogP contribution in [0.2, 0.25) is 0 Å². The minimum Gasteiger partial charge on any atom is -0.442 e. The van der Waals surface area contributed by atoms with Gasteiger partial charge in [-0.3, -0.25) is 0 Å². The van der Waals surface area contributed by atoms with E-state index in [1.807, 2.05) is 0 Å². The molecule has 0 fully saturated rings. The zero-order chi connectivity index (χ0) is 4.95. The Bertz CT molecular complexity index is 110. The zero-order valence-electron chi connectivity index (χ0n) is 3.66. The number of ether oxygens (including phenoxy) is 1. The van der Waals surface area contributed by atoms with Gasteiger partial charge in [-0.15, -0.1) is 0 Å². The topological polar surface area (TPSA) is 21.6 Å². The lowest BCUT2D eigenvalue weighted by molar-refractivity contribution is 0.465. The van der Waals surface area contributed by atoms with Crippen LogP contribution in [-0.2, 0) is 4.74 Å². The van der Waals surface area contributed by atoms with E-state index in [0.29, 0.717) is 0 Å². The average Bonchev–Trinajstić information content (AvgIpc) is 1.90. The second-order valence-electron chi connectivity index (χ2n) is 0.998. The summed E-state index contributed by atoms with van der Waals surface area (Å²) in [5.74, 6) is 0. The normalized spacial score (nSPS) is 16.0. The summed E-state index contributed by atoms with van der Waals surface area (Å²) in [6, 6.07) is 0. The van der Waals surface area contributed by atoms with Crippen molar-refractivity contribution in [3.05, 3.63) is 24.6 Å². The highest BCUT2D eigenvalue weighted by Crippen LogP contribution is 1.82. The molecule has 0 saturated carbocycles. The van der Waals surface area contributed by atoms with Crippen LogP contribution in [0.25, 0.3) is 0 Å². The van der Waals surface area contributed by atoms with E-state index in [1.54, 1.807) is 18.4 Å². The molecule has 2 heteroatoms. The Morgan fingerprint density at radius 1 is 1.57 bits per heavy atom. The summed E-state index contributed by atoms with van der Waals surface area (Å²) < 4.78 is 4.53. The van der Waals surface area contributed by atoms with Gasteiger partial charge in [0.2, 0.25) is 0 Å². The van der Waals surface area contributed by atoms with Gasteiger partial charge < -0.3 is 4.74 Å². The second-order valence-corrected chi connectivity index (χ2v) is 0.998. The Hall–Kier alpha value is -1.05. The van der Waals surface area contributed by atoms with Gasteiger partial charge in [0, 0.05) is 6.20 Å². The van der Waals surface area contributed by atoms with Gasteiger partial charge in [-0.2, -0.15) is 0 Å². The molecule has 1 aliphatic rings. The third-order valence-corrected chi connectivity index (χ3v) is 0.518. The largest absolute Gasteiger partial charge is 0.442 e. The lowest BCUT2D eigenvalue weighted by Gasteiger charge is -1.76. The zero-order valence-corrected chi connectivity index (χ0v) is 3.66. The molecule has 0 aromatic heterocycles. The fraction of sp³-hybridized carbons (Fsp3) is 0. The van der Waals surface area contributed by atoms with Crippen LogP contribution in [0.1, 0.15) is 0 Å². The van der Waals surface area contributed by atoms with Crippen molar-refractivity contribution >= 4 is 6.40 Å². The molecule has 0 bridgehead atoms. The van der Waals surface area contributed by atoms with E-state index < -0.39 is 0 Å². The maximum absolute atomic E-state index is 4.53. The van der Waals surface area contributed by atoms with Crippen molar-refractivity contribution in [3.8, 4) is 0 Å². The summed E-state index contributed by atoms with van der Waals surface area (Å²) in [7, 11) is 0. The first-order valence-electron chi connectivity index (χ1n) is 1.91. The standard InChI is InChI=1S/C5H4NO/c1-2-4-7-5-6-3-1/h1-3,5H. The van der Waals surface area contributed by atoms with Gasteiger partial charge in [-0.05, 0) is 12.2 Å². The van der Waals surface area contributed by atoms with Crippen LogP contribution < -0.4 is 0 Å². The van der Waals surface area contributed by atoms with Crippen molar-refractivity contribution in [1.82, 2.24) is 0 Å². The van der Waals surface area contributed by atoms with Gasteiger partial charge >= 0.3 is 0 Å². The molecular formula is C5H4NO. The van der Waals surface area contributed by atoms with E-state index in [9.17, 15) is 0 Å². The predicted molar refractivity (Wildman–Crippen MR) is 26.5 cm³/mol. The monoisotopic (exact) mass is 94.0 g/mol. The number of aliphatic imine (C=N–C) groups is 1. The Kier molecular flexibility index (Phi) is 1.28. The molecular weight excluding hydrogens is 90.1 g/mol. The minimum absolute atomic E-state index is 1.32. The van der Waals surface area contributed by atoms with Crippen molar-refractivity contribution in [2.45, 2.75) is 0 Å². The first-order valence-corrected chi connectivity index (χ1v) is 1.91. The lowest BCUT2D eigenvalue weighted by atomic mass is 10.6. The van der Waals surface area contributed by atoms with Crippen LogP contribution in [0.4, 0.5) is 0 Å². The van der Waals surface area contributed by atoms with Crippen molar-refractivity contribution in [2.75, 3.05) is 0 Å². The highest BCUT2D eigenvalue weighted by Gasteiger charge is 1.71. The molecule has 0 aromatic carbocycles. The summed E-state index contributed by atoms with van der Waals surface area (Å²) in [6.07, 6.45) is 8.82. The molecule has 0 aromatic rings. The quantitative estimate of drug-likeness (QED) is 0.436. The molecule has 1 radical (unpaired) electrons. The highest BCUT2D eigenvalue weighted by molar-refractivity contribution is 5.48. The van der Waals surface area contributed by atoms with E-state index >= 15 is 0 Å². The molecule has 0 amide bonds. The average molecular weight is 94.1 g/mol. The Labute approximate surface area is 41.8 Å². The molecule has 0 atom stereocenters. The predicted octanol–water partition coefficient (Wildman–Crippen LogP) is 0.875. The van der Waals surface area contributed by atoms with Crippen molar-refractivity contribution in [3.63, 3.8) is 0 Å². The van der Waals surface area contributed by atoms with Crippen LogP contribution in [0.15, 0.2) is 23.3 Å². The van der Waals surface area contributed by atoms with E-state index in [2.05, 4.69) is 16.0 Å². The van der Waals surface area contributed by atoms with E-state index in [4.69, 9.17) is 0 Å². The van der Waals surface area contributed by atoms with Crippen LogP contribution in [-0.4, -0.2) is 6.40 Å². The number of nitrogens with zero attached hydrogens (tertiary/aromatic N) is 1. The summed E-state index contributed by atoms with van der Waals surface area (Å²) >= 11 is 0. The van der Waals surface area contributed by atoms with Crippen LogP contribution in [0, 0.1) is 6.26 Å². The van der Waals surface area contributed by atoms with Gasteiger partial charge in [0.25, 0.3) is 0 Å². The fourth-order valence-corrected chi connectivity index (χ4v) is 0.267. The van der Waals surface area contributed by atoms with Crippen molar-refractivity contribution in [2.24, 2.45) is 4.99 Å². The van der Waals surface area contributed by atoms with Crippen molar-refractivity contribution in [1.29, 1.82) is 0 Å². The molecule has 0 spiro atoms. The van der Waals surface area contributed by atoms with Gasteiger partial charge in [-0.1, -0.05) is 0 Å². The maximum Gasteiger partial charge on any atom is 0.181 e. The SMILES string of the molecule is [C]1=CC=CN=CO1. The minimum atomic E-state index is 1.32. The molecule has 1 heterocycles. The summed E-state index contributed by atoms with van der Waals surface area (Å²) in [5, 5.41) is 0. The second kappa shape index (κ2) is 2.18. The third kappa shape index (κ3) is 1.22. The first-order chi connectivity index (χ1) is 3.50. The summed E-state index contributed by atoms with van der Waals surface area (Å²) in [6.45, 7) is 0. The smallest absolute Gasteiger partial charge is 0.181 e. The molecule has 0 N–H and O–H groups in total. The Morgan fingerprint density at radius 2 is 2.57 bits per heavy atom. The molecule has 0 aliphatic carbocycles. The van der Waals surface area contributed by atoms with Crippen LogP contribution >= 0.6 is 0 Å². The van der Waals surface area contributed by atoms with Crippen molar-refractivity contribution < 1.29 is 4.74 Å². The highest BCUT2D eigenvalue weighted by atomic mass is 16.5. The van der Waals surface area contributed by atoms with Gasteiger partial charge in [0.05, 0.1) is 0 Å². The lowest BCUT2D eigenvalue weighted by Crippen LogP contribution is -1.69. The number of hydrogen-bond donors (Lipinski definition) is 0. The van der Waals surface area contributed by atoms with E-state index in [1.165, 1.54) is 6.40 Å². The summed E-state index contributed by atoms with van der Waals surface area (Å²) in [4.78, 5) is 3.65. The molecule has 1 rings (SSSR count).